The lowest BCUT2D eigenvalue weighted by Crippen LogP contribution is -2.51. The molecule has 1 saturated heterocycles. The molecule has 1 fully saturated rings. The summed E-state index contributed by atoms with van der Waals surface area (Å²) in [7, 11) is 0. The summed E-state index contributed by atoms with van der Waals surface area (Å²) in [6.45, 7) is 7.09. The number of carbonyl (C=O) groups excluding carboxylic acids is 2. The fourth-order valence-electron chi connectivity index (χ4n) is 3.49. The maximum atomic E-state index is 12.9. The van der Waals surface area contributed by atoms with Gasteiger partial charge in [-0.3, -0.25) is 14.5 Å². The van der Waals surface area contributed by atoms with Crippen LogP contribution < -0.4 is 10.6 Å². The largest absolute Gasteiger partial charge is 0.459 e. The zero-order chi connectivity index (χ0) is 21.5. The lowest BCUT2D eigenvalue weighted by atomic mass is 10.0. The van der Waals surface area contributed by atoms with Gasteiger partial charge in [-0.25, -0.2) is 0 Å². The smallest absolute Gasteiger partial charge is 0.287 e. The van der Waals surface area contributed by atoms with Crippen LogP contribution in [0.2, 0.25) is 5.02 Å². The van der Waals surface area contributed by atoms with Gasteiger partial charge in [0.15, 0.2) is 5.76 Å². The molecular formula is C22H28ClN3O4. The predicted octanol–water partition coefficient (Wildman–Crippen LogP) is 2.88. The zero-order valence-electron chi connectivity index (χ0n) is 17.3. The number of morpholine rings is 1. The minimum absolute atomic E-state index is 0.0105. The predicted molar refractivity (Wildman–Crippen MR) is 114 cm³/mol. The molecule has 30 heavy (non-hydrogen) atoms. The van der Waals surface area contributed by atoms with Crippen molar-refractivity contribution in [3.8, 4) is 0 Å². The minimum Gasteiger partial charge on any atom is -0.459 e. The average Bonchev–Trinajstić information content (AvgIpc) is 3.29. The van der Waals surface area contributed by atoms with Gasteiger partial charge in [0.05, 0.1) is 25.5 Å². The standard InChI is InChI=1S/C22H28ClN3O4/c1-15(2)20(25-21(27)19-4-3-11-30-19)22(28)24-14-18(26-9-12-29-13-10-26)16-5-7-17(23)8-6-16/h3-8,11,15,18,20H,9-10,12-14H2,1-2H3,(H,24,28)(H,25,27). The molecule has 2 aromatic rings. The Bertz CT molecular complexity index is 817. The molecule has 1 aliphatic heterocycles. The highest BCUT2D eigenvalue weighted by Crippen LogP contribution is 2.23. The minimum atomic E-state index is -0.668. The molecule has 2 heterocycles. The van der Waals surface area contributed by atoms with Crippen LogP contribution in [0.25, 0.3) is 0 Å². The third-order valence-corrected chi connectivity index (χ3v) is 5.44. The van der Waals surface area contributed by atoms with E-state index in [1.165, 1.54) is 6.26 Å². The number of amides is 2. The Hall–Kier alpha value is -2.35. The first kappa shape index (κ1) is 22.3. The number of rotatable bonds is 8. The fraction of sp³-hybridized carbons (Fsp3) is 0.455. The van der Waals surface area contributed by atoms with Crippen LogP contribution in [0.4, 0.5) is 0 Å². The van der Waals surface area contributed by atoms with Gasteiger partial charge >= 0.3 is 0 Å². The van der Waals surface area contributed by atoms with Crippen molar-refractivity contribution in [3.63, 3.8) is 0 Å². The molecule has 2 amide bonds. The molecule has 7 nitrogen and oxygen atoms in total. The van der Waals surface area contributed by atoms with E-state index in [-0.39, 0.29) is 23.6 Å². The number of furan rings is 1. The van der Waals surface area contributed by atoms with Crippen molar-refractivity contribution in [2.24, 2.45) is 5.92 Å². The zero-order valence-corrected chi connectivity index (χ0v) is 18.0. The summed E-state index contributed by atoms with van der Waals surface area (Å²) in [6.07, 6.45) is 1.43. The second kappa shape index (κ2) is 10.6. The van der Waals surface area contributed by atoms with E-state index in [4.69, 9.17) is 20.8 Å². The van der Waals surface area contributed by atoms with Crippen molar-refractivity contribution in [2.75, 3.05) is 32.8 Å². The van der Waals surface area contributed by atoms with Crippen LogP contribution in [0.15, 0.2) is 47.1 Å². The van der Waals surface area contributed by atoms with Gasteiger partial charge in [-0.2, -0.15) is 0 Å². The van der Waals surface area contributed by atoms with Gasteiger partial charge in [0.1, 0.15) is 6.04 Å². The van der Waals surface area contributed by atoms with Crippen LogP contribution in [0.1, 0.15) is 36.0 Å². The van der Waals surface area contributed by atoms with E-state index in [0.717, 1.165) is 18.7 Å². The summed E-state index contributed by atoms with van der Waals surface area (Å²) in [5.41, 5.74) is 1.07. The number of nitrogens with one attached hydrogen (secondary N) is 2. The maximum absolute atomic E-state index is 12.9. The molecule has 1 aliphatic rings. The van der Waals surface area contributed by atoms with Gasteiger partial charge in [0, 0.05) is 24.7 Å². The molecule has 3 rings (SSSR count). The van der Waals surface area contributed by atoms with Gasteiger partial charge in [-0.05, 0) is 35.7 Å². The molecule has 0 aliphatic carbocycles. The summed E-state index contributed by atoms with van der Waals surface area (Å²) in [6, 6.07) is 10.2. The number of benzene rings is 1. The first-order valence-electron chi connectivity index (χ1n) is 10.1. The normalized spacial score (nSPS) is 16.8. The number of halogens is 1. The molecule has 0 bridgehead atoms. The molecule has 2 N–H and O–H groups in total. The van der Waals surface area contributed by atoms with Crippen LogP contribution >= 0.6 is 11.6 Å². The Balaban J connectivity index is 1.68. The second-order valence-electron chi connectivity index (χ2n) is 7.63. The Labute approximate surface area is 181 Å². The summed E-state index contributed by atoms with van der Waals surface area (Å²) < 4.78 is 10.6. The van der Waals surface area contributed by atoms with Gasteiger partial charge in [-0.1, -0.05) is 37.6 Å². The van der Waals surface area contributed by atoms with Gasteiger partial charge < -0.3 is 19.8 Å². The topological polar surface area (TPSA) is 83.8 Å². The first-order valence-corrected chi connectivity index (χ1v) is 10.5. The van der Waals surface area contributed by atoms with Crippen molar-refractivity contribution >= 4 is 23.4 Å². The Kier molecular flexibility index (Phi) is 7.90. The van der Waals surface area contributed by atoms with Crippen LogP contribution in [0.3, 0.4) is 0 Å². The first-order chi connectivity index (χ1) is 14.5. The highest BCUT2D eigenvalue weighted by molar-refractivity contribution is 6.30. The SMILES string of the molecule is CC(C)C(NC(=O)c1ccco1)C(=O)NCC(c1ccc(Cl)cc1)N1CCOCC1. The number of hydrogen-bond donors (Lipinski definition) is 2. The van der Waals surface area contributed by atoms with Gasteiger partial charge in [0.25, 0.3) is 5.91 Å². The van der Waals surface area contributed by atoms with Crippen molar-refractivity contribution in [2.45, 2.75) is 25.9 Å². The Morgan fingerprint density at radius 1 is 1.13 bits per heavy atom. The van der Waals surface area contributed by atoms with Crippen LogP contribution in [-0.4, -0.2) is 55.6 Å². The molecule has 0 spiro atoms. The van der Waals surface area contributed by atoms with Crippen LogP contribution in [0.5, 0.6) is 0 Å². The molecule has 2 unspecified atom stereocenters. The van der Waals surface area contributed by atoms with E-state index in [1.54, 1.807) is 12.1 Å². The third kappa shape index (κ3) is 5.84. The van der Waals surface area contributed by atoms with Crippen molar-refractivity contribution < 1.29 is 18.7 Å². The van der Waals surface area contributed by atoms with E-state index in [9.17, 15) is 9.59 Å². The number of ether oxygens (including phenoxy) is 1. The van der Waals surface area contributed by atoms with Gasteiger partial charge in [-0.15, -0.1) is 0 Å². The molecule has 1 aromatic carbocycles. The summed E-state index contributed by atoms with van der Waals surface area (Å²) in [5, 5.41) is 6.47. The average molecular weight is 434 g/mol. The second-order valence-corrected chi connectivity index (χ2v) is 8.07. The van der Waals surface area contributed by atoms with E-state index in [1.807, 2.05) is 38.1 Å². The van der Waals surface area contributed by atoms with Crippen molar-refractivity contribution in [3.05, 3.63) is 59.0 Å². The summed E-state index contributed by atoms with van der Waals surface area (Å²) in [4.78, 5) is 27.6. The maximum Gasteiger partial charge on any atom is 0.287 e. The number of carbonyl (C=O) groups is 2. The highest BCUT2D eigenvalue weighted by Gasteiger charge is 2.28. The van der Waals surface area contributed by atoms with E-state index >= 15 is 0 Å². The lowest BCUT2D eigenvalue weighted by Gasteiger charge is -2.35. The molecule has 1 aromatic heterocycles. The van der Waals surface area contributed by atoms with Crippen molar-refractivity contribution in [1.82, 2.24) is 15.5 Å². The lowest BCUT2D eigenvalue weighted by molar-refractivity contribution is -0.124. The molecule has 8 heteroatoms. The molecule has 2 atom stereocenters. The number of nitrogens with zero attached hydrogens (tertiary/aromatic N) is 1. The molecule has 0 saturated carbocycles. The van der Waals surface area contributed by atoms with E-state index < -0.39 is 11.9 Å². The molecular weight excluding hydrogens is 406 g/mol. The Morgan fingerprint density at radius 3 is 2.43 bits per heavy atom. The van der Waals surface area contributed by atoms with Crippen LogP contribution in [-0.2, 0) is 9.53 Å². The monoisotopic (exact) mass is 433 g/mol. The highest BCUT2D eigenvalue weighted by atomic mass is 35.5. The van der Waals surface area contributed by atoms with E-state index in [2.05, 4.69) is 15.5 Å². The third-order valence-electron chi connectivity index (χ3n) is 5.19. The van der Waals surface area contributed by atoms with Crippen LogP contribution in [0, 0.1) is 5.92 Å². The van der Waals surface area contributed by atoms with Gasteiger partial charge in [0.2, 0.25) is 5.91 Å². The molecule has 162 valence electrons. The fourth-order valence-corrected chi connectivity index (χ4v) is 3.62. The van der Waals surface area contributed by atoms with E-state index in [0.29, 0.717) is 24.8 Å². The Morgan fingerprint density at radius 2 is 1.83 bits per heavy atom. The molecule has 0 radical (unpaired) electrons. The quantitative estimate of drug-likeness (QED) is 0.668. The number of hydrogen-bond acceptors (Lipinski definition) is 5. The van der Waals surface area contributed by atoms with Crippen molar-refractivity contribution in [1.29, 1.82) is 0 Å². The summed E-state index contributed by atoms with van der Waals surface area (Å²) >= 11 is 6.05. The summed E-state index contributed by atoms with van der Waals surface area (Å²) in [5.74, 6) is -0.532.